The lowest BCUT2D eigenvalue weighted by Gasteiger charge is -2.23. The number of hydrogen-bond donors (Lipinski definition) is 1. The molecule has 1 aromatic heterocycles. The maximum absolute atomic E-state index is 12.5. The third kappa shape index (κ3) is 2.43. The number of aromatic nitrogens is 2. The van der Waals surface area contributed by atoms with Crippen LogP contribution in [-0.2, 0) is 17.1 Å². The third-order valence-electron chi connectivity index (χ3n) is 3.37. The van der Waals surface area contributed by atoms with E-state index in [1.807, 2.05) is 0 Å². The molecule has 7 heteroatoms. The van der Waals surface area contributed by atoms with E-state index in [9.17, 15) is 8.42 Å². The van der Waals surface area contributed by atoms with Gasteiger partial charge in [-0.2, -0.15) is 9.40 Å². The molecular weight excluding hydrogens is 254 g/mol. The van der Waals surface area contributed by atoms with Crippen molar-refractivity contribution in [1.29, 1.82) is 0 Å². The molecule has 0 saturated carbocycles. The van der Waals surface area contributed by atoms with Crippen molar-refractivity contribution in [1.82, 2.24) is 14.1 Å². The van der Waals surface area contributed by atoms with E-state index in [-0.39, 0.29) is 17.7 Å². The minimum atomic E-state index is -3.45. The molecule has 1 unspecified atom stereocenters. The van der Waals surface area contributed by atoms with E-state index in [0.29, 0.717) is 19.4 Å². The lowest BCUT2D eigenvalue weighted by atomic mass is 10.1. The fourth-order valence-corrected chi connectivity index (χ4v) is 4.30. The summed E-state index contributed by atoms with van der Waals surface area (Å²) in [4.78, 5) is 0. The molecule has 1 atom stereocenters. The summed E-state index contributed by atoms with van der Waals surface area (Å²) in [6.07, 6.45) is 4.60. The highest BCUT2D eigenvalue weighted by atomic mass is 32.2. The van der Waals surface area contributed by atoms with Gasteiger partial charge in [-0.1, -0.05) is 0 Å². The van der Waals surface area contributed by atoms with Crippen LogP contribution in [0.3, 0.4) is 0 Å². The van der Waals surface area contributed by atoms with Crippen molar-refractivity contribution in [2.45, 2.75) is 36.8 Å². The summed E-state index contributed by atoms with van der Waals surface area (Å²) in [5.74, 6) is 0. The highest BCUT2D eigenvalue weighted by Gasteiger charge is 2.36. The average molecular weight is 273 g/mol. The van der Waals surface area contributed by atoms with Crippen LogP contribution in [-0.4, -0.2) is 46.8 Å². The topological polar surface area (TPSA) is 75.4 Å². The van der Waals surface area contributed by atoms with E-state index in [2.05, 4.69) is 5.10 Å². The zero-order chi connectivity index (χ0) is 13.2. The molecule has 1 saturated heterocycles. The lowest BCUT2D eigenvalue weighted by molar-refractivity contribution is 0.263. The van der Waals surface area contributed by atoms with Crippen LogP contribution in [0.1, 0.15) is 25.7 Å². The molecule has 0 amide bonds. The Kier molecular flexibility index (Phi) is 4.04. The van der Waals surface area contributed by atoms with E-state index in [1.54, 1.807) is 11.4 Å². The average Bonchev–Trinajstić information content (AvgIpc) is 2.94. The number of aliphatic hydroxyl groups is 1. The summed E-state index contributed by atoms with van der Waals surface area (Å²) < 4.78 is 27.9. The summed E-state index contributed by atoms with van der Waals surface area (Å²) in [6, 6.07) is 1.54. The predicted octanol–water partition coefficient (Wildman–Crippen LogP) is 0.346. The molecule has 18 heavy (non-hydrogen) atoms. The van der Waals surface area contributed by atoms with Gasteiger partial charge in [0, 0.05) is 26.2 Å². The van der Waals surface area contributed by atoms with E-state index in [1.165, 1.54) is 16.9 Å². The molecule has 1 aromatic rings. The predicted molar refractivity (Wildman–Crippen MR) is 66.4 cm³/mol. The zero-order valence-corrected chi connectivity index (χ0v) is 11.3. The van der Waals surface area contributed by atoms with Gasteiger partial charge in [-0.05, 0) is 31.7 Å². The van der Waals surface area contributed by atoms with E-state index >= 15 is 0 Å². The Morgan fingerprint density at radius 3 is 2.94 bits per heavy atom. The van der Waals surface area contributed by atoms with E-state index < -0.39 is 10.0 Å². The van der Waals surface area contributed by atoms with Gasteiger partial charge in [-0.25, -0.2) is 8.42 Å². The molecule has 1 fully saturated rings. The van der Waals surface area contributed by atoms with Crippen LogP contribution < -0.4 is 0 Å². The largest absolute Gasteiger partial charge is 0.396 e. The monoisotopic (exact) mass is 273 g/mol. The first-order chi connectivity index (χ1) is 8.57. The molecule has 6 nitrogen and oxygen atoms in total. The van der Waals surface area contributed by atoms with Gasteiger partial charge in [0.25, 0.3) is 10.0 Å². The Morgan fingerprint density at radius 1 is 1.56 bits per heavy atom. The minimum absolute atomic E-state index is 0.0112. The van der Waals surface area contributed by atoms with Crippen LogP contribution in [0.4, 0.5) is 0 Å². The van der Waals surface area contributed by atoms with Crippen molar-refractivity contribution >= 4 is 10.0 Å². The van der Waals surface area contributed by atoms with Gasteiger partial charge in [-0.3, -0.25) is 4.68 Å². The van der Waals surface area contributed by atoms with Gasteiger partial charge >= 0.3 is 0 Å². The minimum Gasteiger partial charge on any atom is -0.396 e. The fraction of sp³-hybridized carbons (Fsp3) is 0.727. The first kappa shape index (κ1) is 13.5. The Bertz CT molecular complexity index is 497. The molecule has 2 rings (SSSR count). The molecule has 1 aliphatic rings. The molecule has 2 heterocycles. The van der Waals surface area contributed by atoms with Gasteiger partial charge in [0.1, 0.15) is 0 Å². The van der Waals surface area contributed by atoms with Crippen LogP contribution in [0.25, 0.3) is 0 Å². The molecule has 0 spiro atoms. The summed E-state index contributed by atoms with van der Waals surface area (Å²) in [7, 11) is -1.82. The lowest BCUT2D eigenvalue weighted by Crippen LogP contribution is -2.36. The highest BCUT2D eigenvalue weighted by molar-refractivity contribution is 7.89. The van der Waals surface area contributed by atoms with Crippen LogP contribution >= 0.6 is 0 Å². The highest BCUT2D eigenvalue weighted by Crippen LogP contribution is 2.28. The van der Waals surface area contributed by atoms with Crippen molar-refractivity contribution in [2.24, 2.45) is 7.05 Å². The Hall–Kier alpha value is -0.920. The van der Waals surface area contributed by atoms with Crippen LogP contribution in [0, 0.1) is 0 Å². The SMILES string of the molecule is Cn1nccc1S(=O)(=O)N1CCCC1CCCO. The smallest absolute Gasteiger partial charge is 0.260 e. The van der Waals surface area contributed by atoms with E-state index in [4.69, 9.17) is 5.11 Å². The summed E-state index contributed by atoms with van der Waals surface area (Å²) >= 11 is 0. The number of nitrogens with zero attached hydrogens (tertiary/aromatic N) is 3. The molecule has 0 bridgehead atoms. The third-order valence-corrected chi connectivity index (χ3v) is 5.39. The molecule has 0 radical (unpaired) electrons. The van der Waals surface area contributed by atoms with Crippen molar-refractivity contribution < 1.29 is 13.5 Å². The summed E-state index contributed by atoms with van der Waals surface area (Å²) in [5, 5.41) is 13.0. The zero-order valence-electron chi connectivity index (χ0n) is 10.5. The van der Waals surface area contributed by atoms with Gasteiger partial charge in [0.15, 0.2) is 5.03 Å². The maximum atomic E-state index is 12.5. The first-order valence-corrected chi connectivity index (χ1v) is 7.62. The van der Waals surface area contributed by atoms with Gasteiger partial charge in [-0.15, -0.1) is 0 Å². The quantitative estimate of drug-likeness (QED) is 0.839. The number of aryl methyl sites for hydroxylation is 1. The standard InChI is InChI=1S/C11H19N3O3S/c1-13-11(6-7-12-13)18(16,17)14-8-2-4-10(14)5-3-9-15/h6-7,10,15H,2-5,8-9H2,1H3. The molecule has 0 aromatic carbocycles. The van der Waals surface area contributed by atoms with E-state index in [0.717, 1.165) is 12.8 Å². The molecule has 0 aliphatic carbocycles. The first-order valence-electron chi connectivity index (χ1n) is 6.18. The number of aliphatic hydroxyl groups excluding tert-OH is 1. The van der Waals surface area contributed by atoms with Gasteiger partial charge in [0.05, 0.1) is 6.20 Å². The molecule has 1 aliphatic heterocycles. The molecular formula is C11H19N3O3S. The second-order valence-corrected chi connectivity index (χ2v) is 6.41. The second-order valence-electron chi connectivity index (χ2n) is 4.57. The van der Waals surface area contributed by atoms with Crippen molar-refractivity contribution in [3.63, 3.8) is 0 Å². The fourth-order valence-electron chi connectivity index (χ4n) is 2.48. The number of sulfonamides is 1. The van der Waals surface area contributed by atoms with Crippen LogP contribution in [0.2, 0.25) is 0 Å². The maximum Gasteiger partial charge on any atom is 0.260 e. The van der Waals surface area contributed by atoms with Crippen molar-refractivity contribution in [3.05, 3.63) is 12.3 Å². The normalized spacial score (nSPS) is 21.6. The Labute approximate surface area is 107 Å². The molecule has 1 N–H and O–H groups in total. The molecule has 102 valence electrons. The Morgan fingerprint density at radius 2 is 2.33 bits per heavy atom. The summed E-state index contributed by atoms with van der Waals surface area (Å²) in [5.41, 5.74) is 0. The number of hydrogen-bond acceptors (Lipinski definition) is 4. The van der Waals surface area contributed by atoms with Crippen molar-refractivity contribution in [2.75, 3.05) is 13.2 Å². The van der Waals surface area contributed by atoms with Crippen molar-refractivity contribution in [3.8, 4) is 0 Å². The van der Waals surface area contributed by atoms with Crippen LogP contribution in [0.5, 0.6) is 0 Å². The van der Waals surface area contributed by atoms with Crippen LogP contribution in [0.15, 0.2) is 17.3 Å². The summed E-state index contributed by atoms with van der Waals surface area (Å²) in [6.45, 7) is 0.666. The second kappa shape index (κ2) is 5.38. The Balaban J connectivity index is 2.22. The van der Waals surface area contributed by atoms with Gasteiger partial charge < -0.3 is 5.11 Å². The van der Waals surface area contributed by atoms with Gasteiger partial charge in [0.2, 0.25) is 0 Å². The number of rotatable bonds is 5.